The van der Waals surface area contributed by atoms with E-state index >= 15 is 0 Å². The number of phenols is 3. The van der Waals surface area contributed by atoms with Gasteiger partial charge in [0, 0.05) is 59.4 Å². The standard InChI is InChI=1S/C47H53NO10/c1-48-26-56-47-39-24-42(54-3)37-22-32(51)14-16-36(37)46(39)58-41(12-7-17-53-2)43(47)40-25-55-45-29(21-34(23-38(45)44(40)52)57-33-10-4-5-11-33)18-28-20-31(50)13-15-35(28)27-8-6-9-30(49)19-27/h6,8-9,13-16,19-24,33,40-41,43-44,47-52H,4-5,7,10-12,17-18,25-26H2,1-3H3. The van der Waals surface area contributed by atoms with Crippen LogP contribution in [-0.2, 0) is 15.9 Å². The average molecular weight is 792 g/mol. The second kappa shape index (κ2) is 17.3. The molecule has 11 heteroatoms. The maximum Gasteiger partial charge on any atom is 0.133 e. The average Bonchev–Trinajstić information content (AvgIpc) is 3.73. The molecule has 1 aliphatic carbocycles. The Morgan fingerprint density at radius 3 is 2.38 bits per heavy atom. The number of methoxy groups -OCH3 is 2. The summed E-state index contributed by atoms with van der Waals surface area (Å²) in [5.74, 6) is 2.04. The molecule has 11 nitrogen and oxygen atoms in total. The molecule has 5 aromatic carbocycles. The lowest BCUT2D eigenvalue weighted by Gasteiger charge is -2.46. The first kappa shape index (κ1) is 39.6. The Morgan fingerprint density at radius 2 is 1.60 bits per heavy atom. The highest BCUT2D eigenvalue weighted by Gasteiger charge is 2.49. The Bertz CT molecular complexity index is 2240. The van der Waals surface area contributed by atoms with Gasteiger partial charge in [-0.1, -0.05) is 18.2 Å². The molecule has 2 heterocycles. The van der Waals surface area contributed by atoms with Crippen molar-refractivity contribution in [3.05, 3.63) is 101 Å². The molecule has 1 saturated carbocycles. The number of phenolic OH excluding ortho intramolecular Hbond substituents is 3. The molecule has 5 unspecified atom stereocenters. The molecule has 1 fully saturated rings. The van der Waals surface area contributed by atoms with Crippen molar-refractivity contribution >= 4 is 10.8 Å². The van der Waals surface area contributed by atoms with Crippen molar-refractivity contribution in [3.63, 3.8) is 0 Å². The van der Waals surface area contributed by atoms with Gasteiger partial charge in [-0.2, -0.15) is 0 Å². The van der Waals surface area contributed by atoms with Gasteiger partial charge < -0.3 is 48.8 Å². The highest BCUT2D eigenvalue weighted by Crippen LogP contribution is 2.54. The van der Waals surface area contributed by atoms with E-state index in [0.717, 1.165) is 70.7 Å². The molecule has 0 spiro atoms. The molecule has 2 aliphatic heterocycles. The molecular formula is C47H53NO10. The van der Waals surface area contributed by atoms with Crippen LogP contribution < -0.4 is 24.3 Å². The predicted molar refractivity (Wildman–Crippen MR) is 220 cm³/mol. The van der Waals surface area contributed by atoms with Crippen molar-refractivity contribution in [2.24, 2.45) is 11.8 Å². The van der Waals surface area contributed by atoms with Gasteiger partial charge >= 0.3 is 0 Å². The fourth-order valence-electron chi connectivity index (χ4n) is 9.26. The molecule has 0 aromatic heterocycles. The molecule has 58 heavy (non-hydrogen) atoms. The number of hydrogen-bond donors (Lipinski definition) is 5. The lowest BCUT2D eigenvalue weighted by Crippen LogP contribution is -2.47. The topological polar surface area (TPSA) is 148 Å². The minimum atomic E-state index is -0.982. The van der Waals surface area contributed by atoms with Crippen molar-refractivity contribution in [2.75, 3.05) is 41.2 Å². The number of ether oxygens (including phenoxy) is 6. The van der Waals surface area contributed by atoms with Crippen molar-refractivity contribution in [1.82, 2.24) is 5.32 Å². The molecule has 5 atom stereocenters. The highest BCUT2D eigenvalue weighted by atomic mass is 16.5. The predicted octanol–water partition coefficient (Wildman–Crippen LogP) is 8.33. The van der Waals surface area contributed by atoms with Crippen LogP contribution in [0.25, 0.3) is 21.9 Å². The Kier molecular flexibility index (Phi) is 11.8. The Balaban J connectivity index is 1.23. The summed E-state index contributed by atoms with van der Waals surface area (Å²) < 4.78 is 38.5. The van der Waals surface area contributed by atoms with Crippen LogP contribution in [0.4, 0.5) is 0 Å². The SMILES string of the molecule is CNCOC1c2cc(OC)c3cc(O)ccc3c2OC(CCCOC)C1C1COc2c(Cc3cc(O)ccc3-c3cccc(O)c3)cc(OC3CCCC3)cc2C1O. The number of aliphatic hydroxyl groups is 1. The third-order valence-electron chi connectivity index (χ3n) is 11.9. The lowest BCUT2D eigenvalue weighted by atomic mass is 9.72. The fourth-order valence-corrected chi connectivity index (χ4v) is 9.26. The van der Waals surface area contributed by atoms with E-state index in [1.165, 1.54) is 0 Å². The zero-order chi connectivity index (χ0) is 40.3. The zero-order valence-electron chi connectivity index (χ0n) is 33.3. The molecule has 0 saturated heterocycles. The number of aliphatic hydroxyl groups excluding tert-OH is 1. The van der Waals surface area contributed by atoms with Crippen molar-refractivity contribution in [3.8, 4) is 51.4 Å². The molecule has 0 amide bonds. The second-order valence-electron chi connectivity index (χ2n) is 15.7. The normalized spacial score (nSPS) is 21.6. The Hall–Kier alpha value is -5.20. The fraction of sp³-hybridized carbons (Fsp3) is 0.404. The quantitative estimate of drug-likeness (QED) is 0.0546. The number of hydrogen-bond acceptors (Lipinski definition) is 11. The zero-order valence-corrected chi connectivity index (χ0v) is 33.3. The summed E-state index contributed by atoms with van der Waals surface area (Å²) in [6.07, 6.45) is 4.03. The Labute approximate surface area is 339 Å². The second-order valence-corrected chi connectivity index (χ2v) is 15.7. The monoisotopic (exact) mass is 791 g/mol. The maximum atomic E-state index is 12.7. The summed E-state index contributed by atoms with van der Waals surface area (Å²) in [6.45, 7) is 0.970. The molecular weight excluding hydrogens is 739 g/mol. The first-order valence-electron chi connectivity index (χ1n) is 20.3. The molecule has 3 aliphatic rings. The summed E-state index contributed by atoms with van der Waals surface area (Å²) in [5.41, 5.74) is 4.74. The van der Waals surface area contributed by atoms with Crippen molar-refractivity contribution in [1.29, 1.82) is 0 Å². The van der Waals surface area contributed by atoms with Crippen LogP contribution in [0.15, 0.2) is 78.9 Å². The third-order valence-corrected chi connectivity index (χ3v) is 11.9. The summed E-state index contributed by atoms with van der Waals surface area (Å²) in [7, 11) is 5.11. The summed E-state index contributed by atoms with van der Waals surface area (Å²) in [6, 6.07) is 23.3. The number of rotatable bonds is 14. The molecule has 8 rings (SSSR count). The van der Waals surface area contributed by atoms with Gasteiger partial charge in [0.05, 0.1) is 38.8 Å². The number of fused-ring (bicyclic) bond motifs is 4. The van der Waals surface area contributed by atoms with Crippen molar-refractivity contribution in [2.45, 2.75) is 69.4 Å². The molecule has 5 aromatic rings. The van der Waals surface area contributed by atoms with Crippen LogP contribution >= 0.6 is 0 Å². The number of aromatic hydroxyl groups is 3. The van der Waals surface area contributed by atoms with E-state index in [-0.39, 0.29) is 42.6 Å². The van der Waals surface area contributed by atoms with Crippen molar-refractivity contribution < 1.29 is 48.8 Å². The maximum absolute atomic E-state index is 12.7. The van der Waals surface area contributed by atoms with Gasteiger partial charge in [0.1, 0.15) is 46.4 Å². The Morgan fingerprint density at radius 1 is 0.810 bits per heavy atom. The van der Waals surface area contributed by atoms with E-state index in [2.05, 4.69) is 5.32 Å². The summed E-state index contributed by atoms with van der Waals surface area (Å²) in [5, 5.41) is 48.8. The molecule has 0 bridgehead atoms. The number of nitrogens with one attached hydrogen (secondary N) is 1. The summed E-state index contributed by atoms with van der Waals surface area (Å²) >= 11 is 0. The number of benzene rings is 5. The summed E-state index contributed by atoms with van der Waals surface area (Å²) in [4.78, 5) is 0. The van der Waals surface area contributed by atoms with Gasteiger partial charge in [0.2, 0.25) is 0 Å². The third kappa shape index (κ3) is 7.96. The minimum Gasteiger partial charge on any atom is -0.508 e. The highest BCUT2D eigenvalue weighted by molar-refractivity contribution is 5.96. The van der Waals surface area contributed by atoms with E-state index < -0.39 is 24.2 Å². The molecule has 5 N–H and O–H groups in total. The largest absolute Gasteiger partial charge is 0.508 e. The van der Waals surface area contributed by atoms with Gasteiger partial charge in [-0.15, -0.1) is 0 Å². The van der Waals surface area contributed by atoms with Crippen LogP contribution in [0.1, 0.15) is 73.0 Å². The first-order chi connectivity index (χ1) is 28.3. The van der Waals surface area contributed by atoms with E-state index in [1.54, 1.807) is 56.7 Å². The molecule has 306 valence electrons. The first-order valence-corrected chi connectivity index (χ1v) is 20.3. The smallest absolute Gasteiger partial charge is 0.133 e. The van der Waals surface area contributed by atoms with Crippen LogP contribution in [0.2, 0.25) is 0 Å². The van der Waals surface area contributed by atoms with E-state index in [0.29, 0.717) is 48.0 Å². The lowest BCUT2D eigenvalue weighted by molar-refractivity contribution is -0.115. The van der Waals surface area contributed by atoms with Gasteiger partial charge in [0.25, 0.3) is 0 Å². The molecule has 0 radical (unpaired) electrons. The van der Waals surface area contributed by atoms with Crippen LogP contribution in [0.5, 0.6) is 40.2 Å². The van der Waals surface area contributed by atoms with E-state index in [4.69, 9.17) is 28.4 Å². The van der Waals surface area contributed by atoms with Gasteiger partial charge in [-0.3, -0.25) is 5.32 Å². The van der Waals surface area contributed by atoms with Gasteiger partial charge in [0.15, 0.2) is 0 Å². The van der Waals surface area contributed by atoms with Crippen LogP contribution in [0, 0.1) is 11.8 Å². The minimum absolute atomic E-state index is 0.0754. The van der Waals surface area contributed by atoms with Crippen LogP contribution in [-0.4, -0.2) is 73.8 Å². The van der Waals surface area contributed by atoms with Gasteiger partial charge in [-0.25, -0.2) is 0 Å². The van der Waals surface area contributed by atoms with E-state index in [1.807, 2.05) is 43.4 Å². The van der Waals surface area contributed by atoms with E-state index in [9.17, 15) is 20.4 Å². The van der Waals surface area contributed by atoms with Gasteiger partial charge in [-0.05, 0) is 123 Å². The van der Waals surface area contributed by atoms with Crippen LogP contribution in [0.3, 0.4) is 0 Å².